The summed E-state index contributed by atoms with van der Waals surface area (Å²) < 4.78 is 15.3. The predicted molar refractivity (Wildman–Crippen MR) is 89.9 cm³/mol. The van der Waals surface area contributed by atoms with Gasteiger partial charge < -0.3 is 24.6 Å². The number of rotatable bonds is 8. The molecule has 0 saturated heterocycles. The average molecular weight is 350 g/mol. The largest absolute Gasteiger partial charge is 0.444 e. The van der Waals surface area contributed by atoms with Crippen molar-refractivity contribution in [3.05, 3.63) is 0 Å². The van der Waals surface area contributed by atoms with Crippen molar-refractivity contribution in [2.75, 3.05) is 13.4 Å². The molecule has 0 aromatic rings. The van der Waals surface area contributed by atoms with Gasteiger partial charge in [0.1, 0.15) is 5.60 Å². The molecule has 2 atom stereocenters. The van der Waals surface area contributed by atoms with Gasteiger partial charge in [-0.3, -0.25) is 0 Å². The van der Waals surface area contributed by atoms with Crippen molar-refractivity contribution >= 4 is 20.1 Å². The SMILES string of the molecule is C[C@@H](O)[C@H](NC(=O)OC(C)(C)C)C(=O)OCOCC[Si](C)(C)C. The van der Waals surface area contributed by atoms with E-state index in [1.54, 1.807) is 20.8 Å². The molecule has 23 heavy (non-hydrogen) atoms. The number of carbonyl (C=O) groups is 2. The molecule has 0 fully saturated rings. The van der Waals surface area contributed by atoms with Gasteiger partial charge in [-0.05, 0) is 33.7 Å². The van der Waals surface area contributed by atoms with Crippen molar-refractivity contribution in [2.24, 2.45) is 0 Å². The Morgan fingerprint density at radius 1 is 1.22 bits per heavy atom. The third kappa shape index (κ3) is 12.0. The summed E-state index contributed by atoms with van der Waals surface area (Å²) in [4.78, 5) is 23.6. The van der Waals surface area contributed by atoms with Crippen LogP contribution in [0.15, 0.2) is 0 Å². The Balaban J connectivity index is 4.28. The number of ether oxygens (including phenoxy) is 3. The van der Waals surface area contributed by atoms with Crippen molar-refractivity contribution in [3.8, 4) is 0 Å². The number of aliphatic hydroxyl groups excluding tert-OH is 1. The molecular weight excluding hydrogens is 318 g/mol. The highest BCUT2D eigenvalue weighted by atomic mass is 28.3. The maximum Gasteiger partial charge on any atom is 0.408 e. The molecule has 1 amide bonds. The van der Waals surface area contributed by atoms with Crippen molar-refractivity contribution in [2.45, 2.75) is 71.1 Å². The van der Waals surface area contributed by atoms with Crippen LogP contribution in [0, 0.1) is 0 Å². The first-order valence-electron chi connectivity index (χ1n) is 7.74. The molecule has 0 unspecified atom stereocenters. The quantitative estimate of drug-likeness (QED) is 0.302. The molecular formula is C15H31NO6Si. The minimum absolute atomic E-state index is 0.206. The third-order valence-electron chi connectivity index (χ3n) is 2.69. The van der Waals surface area contributed by atoms with E-state index in [2.05, 4.69) is 25.0 Å². The lowest BCUT2D eigenvalue weighted by molar-refractivity contribution is -0.161. The first-order chi connectivity index (χ1) is 10.3. The smallest absolute Gasteiger partial charge is 0.408 e. The van der Waals surface area contributed by atoms with Gasteiger partial charge in [-0.25, -0.2) is 9.59 Å². The maximum atomic E-state index is 11.9. The average Bonchev–Trinajstić information content (AvgIpc) is 2.31. The highest BCUT2D eigenvalue weighted by molar-refractivity contribution is 6.76. The van der Waals surface area contributed by atoms with Crippen molar-refractivity contribution in [1.29, 1.82) is 0 Å². The first kappa shape index (κ1) is 21.9. The Morgan fingerprint density at radius 3 is 2.22 bits per heavy atom. The van der Waals surface area contributed by atoms with Crippen molar-refractivity contribution in [3.63, 3.8) is 0 Å². The lowest BCUT2D eigenvalue weighted by Crippen LogP contribution is -2.50. The Hall–Kier alpha value is -1.12. The molecule has 0 aromatic heterocycles. The zero-order valence-electron chi connectivity index (χ0n) is 15.3. The van der Waals surface area contributed by atoms with E-state index in [-0.39, 0.29) is 6.79 Å². The number of amides is 1. The molecule has 0 heterocycles. The Kier molecular flexibility index (Phi) is 8.79. The molecule has 7 nitrogen and oxygen atoms in total. The third-order valence-corrected chi connectivity index (χ3v) is 4.39. The number of alkyl carbamates (subject to hydrolysis) is 1. The van der Waals surface area contributed by atoms with Gasteiger partial charge in [0, 0.05) is 14.7 Å². The van der Waals surface area contributed by atoms with Crippen LogP contribution >= 0.6 is 0 Å². The molecule has 136 valence electrons. The number of carbonyl (C=O) groups excluding carboxylic acids is 2. The van der Waals surface area contributed by atoms with Crippen LogP contribution in [-0.4, -0.2) is 56.4 Å². The molecule has 8 heteroatoms. The monoisotopic (exact) mass is 349 g/mol. The number of nitrogens with one attached hydrogen (secondary N) is 1. The van der Waals surface area contributed by atoms with Gasteiger partial charge >= 0.3 is 12.1 Å². The number of hydrogen-bond acceptors (Lipinski definition) is 6. The second kappa shape index (κ2) is 9.24. The molecule has 0 spiro atoms. The summed E-state index contributed by atoms with van der Waals surface area (Å²) in [7, 11) is -1.20. The van der Waals surface area contributed by atoms with E-state index >= 15 is 0 Å². The van der Waals surface area contributed by atoms with Crippen LogP contribution in [0.4, 0.5) is 4.79 Å². The fourth-order valence-corrected chi connectivity index (χ4v) is 2.19. The molecule has 0 saturated carbocycles. The van der Waals surface area contributed by atoms with Crippen LogP contribution in [0.5, 0.6) is 0 Å². The van der Waals surface area contributed by atoms with Gasteiger partial charge in [-0.15, -0.1) is 0 Å². The minimum Gasteiger partial charge on any atom is -0.444 e. The summed E-state index contributed by atoms with van der Waals surface area (Å²) >= 11 is 0. The van der Waals surface area contributed by atoms with Gasteiger partial charge in [-0.1, -0.05) is 19.6 Å². The van der Waals surface area contributed by atoms with Crippen LogP contribution in [0.2, 0.25) is 25.7 Å². The van der Waals surface area contributed by atoms with Gasteiger partial charge in [0.25, 0.3) is 0 Å². The second-order valence-corrected chi connectivity index (χ2v) is 13.3. The summed E-state index contributed by atoms with van der Waals surface area (Å²) in [6.07, 6.45) is -1.91. The molecule has 0 aliphatic rings. The van der Waals surface area contributed by atoms with Gasteiger partial charge in [0.05, 0.1) is 6.10 Å². The molecule has 0 aliphatic heterocycles. The summed E-state index contributed by atoms with van der Waals surface area (Å²) in [5.41, 5.74) is -0.697. The van der Waals surface area contributed by atoms with E-state index < -0.39 is 37.9 Å². The van der Waals surface area contributed by atoms with Crippen LogP contribution in [0.1, 0.15) is 27.7 Å². The summed E-state index contributed by atoms with van der Waals surface area (Å²) in [5, 5.41) is 11.9. The van der Waals surface area contributed by atoms with E-state index in [0.717, 1.165) is 6.04 Å². The molecule has 2 N–H and O–H groups in total. The van der Waals surface area contributed by atoms with E-state index in [9.17, 15) is 14.7 Å². The van der Waals surface area contributed by atoms with E-state index in [1.807, 2.05) is 0 Å². The Morgan fingerprint density at radius 2 is 1.78 bits per heavy atom. The van der Waals surface area contributed by atoms with Crippen LogP contribution in [0.3, 0.4) is 0 Å². The topological polar surface area (TPSA) is 94.1 Å². The van der Waals surface area contributed by atoms with Crippen molar-refractivity contribution in [1.82, 2.24) is 5.32 Å². The lowest BCUT2D eigenvalue weighted by atomic mass is 10.2. The van der Waals surface area contributed by atoms with Crippen LogP contribution < -0.4 is 5.32 Å². The fraction of sp³-hybridized carbons (Fsp3) is 0.867. The molecule has 0 aromatic carbocycles. The normalized spacial score (nSPS) is 14.8. The molecule has 0 bridgehead atoms. The Bertz CT molecular complexity index is 386. The first-order valence-corrected chi connectivity index (χ1v) is 11.4. The predicted octanol–water partition coefficient (Wildman–Crippen LogP) is 2.12. The van der Waals surface area contributed by atoms with Crippen LogP contribution in [-0.2, 0) is 19.0 Å². The van der Waals surface area contributed by atoms with Crippen LogP contribution in [0.25, 0.3) is 0 Å². The van der Waals surface area contributed by atoms with Gasteiger partial charge in [-0.2, -0.15) is 0 Å². The summed E-state index contributed by atoms with van der Waals surface area (Å²) in [6, 6.07) is -0.244. The number of hydrogen-bond donors (Lipinski definition) is 2. The molecule has 0 aliphatic carbocycles. The molecule has 0 radical (unpaired) electrons. The van der Waals surface area contributed by atoms with E-state index in [1.165, 1.54) is 6.92 Å². The highest BCUT2D eigenvalue weighted by Gasteiger charge is 2.29. The van der Waals surface area contributed by atoms with Crippen molar-refractivity contribution < 1.29 is 28.9 Å². The fourth-order valence-electron chi connectivity index (χ4n) is 1.44. The standard InChI is InChI=1S/C15H31NO6Si/c1-11(17)12(16-14(19)22-15(2,3)4)13(18)21-10-20-8-9-23(5,6)7/h11-12,17H,8-10H2,1-7H3,(H,16,19)/t11-,12+/m1/s1. The zero-order chi connectivity index (χ0) is 18.3. The minimum atomic E-state index is -1.20. The zero-order valence-corrected chi connectivity index (χ0v) is 16.3. The second-order valence-electron chi connectivity index (χ2n) is 7.66. The Labute approximate surface area is 139 Å². The summed E-state index contributed by atoms with van der Waals surface area (Å²) in [6.45, 7) is 13.5. The van der Waals surface area contributed by atoms with E-state index in [0.29, 0.717) is 6.61 Å². The molecule has 0 rings (SSSR count). The van der Waals surface area contributed by atoms with Gasteiger partial charge in [0.15, 0.2) is 12.8 Å². The summed E-state index contributed by atoms with van der Waals surface area (Å²) in [5.74, 6) is -0.765. The number of aliphatic hydroxyl groups is 1. The lowest BCUT2D eigenvalue weighted by Gasteiger charge is -2.24. The maximum absolute atomic E-state index is 11.9. The highest BCUT2D eigenvalue weighted by Crippen LogP contribution is 2.09. The van der Waals surface area contributed by atoms with E-state index in [4.69, 9.17) is 14.2 Å². The number of esters is 1. The van der Waals surface area contributed by atoms with Gasteiger partial charge in [0.2, 0.25) is 0 Å².